The number of aromatic nitrogens is 2. The maximum absolute atomic E-state index is 11.4. The number of piperidine rings is 1. The van der Waals surface area contributed by atoms with Crippen LogP contribution in [-0.2, 0) is 4.79 Å². The Bertz CT molecular complexity index is 935. The molecule has 0 bridgehead atoms. The van der Waals surface area contributed by atoms with Crippen LogP contribution >= 0.6 is 0 Å². The fourth-order valence-corrected chi connectivity index (χ4v) is 3.45. The van der Waals surface area contributed by atoms with Gasteiger partial charge in [-0.3, -0.25) is 4.79 Å². The van der Waals surface area contributed by atoms with E-state index in [0.29, 0.717) is 17.2 Å². The summed E-state index contributed by atoms with van der Waals surface area (Å²) < 4.78 is 1.76. The van der Waals surface area contributed by atoms with E-state index in [0.717, 1.165) is 31.7 Å². The predicted molar refractivity (Wildman–Crippen MR) is 106 cm³/mol. The summed E-state index contributed by atoms with van der Waals surface area (Å²) in [6.07, 6.45) is 9.83. The second-order valence-electron chi connectivity index (χ2n) is 6.82. The number of aliphatic hydroxyl groups excluding tert-OH is 1. The highest BCUT2D eigenvalue weighted by Gasteiger charge is 2.16. The number of aliphatic imine (C=N–C) groups is 1. The van der Waals surface area contributed by atoms with E-state index in [1.807, 2.05) is 24.4 Å². The number of pyridine rings is 1. The van der Waals surface area contributed by atoms with Crippen molar-refractivity contribution < 1.29 is 9.90 Å². The van der Waals surface area contributed by atoms with Crippen LogP contribution in [0.25, 0.3) is 5.52 Å². The Morgan fingerprint density at radius 2 is 2.04 bits per heavy atom. The van der Waals surface area contributed by atoms with Gasteiger partial charge in [-0.15, -0.1) is 5.10 Å². The van der Waals surface area contributed by atoms with Gasteiger partial charge in [0.1, 0.15) is 17.2 Å². The molecule has 27 heavy (non-hydrogen) atoms. The number of carbonyl (C=O) groups excluding carboxylic acids is 1. The van der Waals surface area contributed by atoms with E-state index in [9.17, 15) is 9.90 Å². The Kier molecular flexibility index (Phi) is 5.02. The van der Waals surface area contributed by atoms with E-state index in [2.05, 4.69) is 20.3 Å². The lowest BCUT2D eigenvalue weighted by Gasteiger charge is -2.26. The van der Waals surface area contributed by atoms with Crippen molar-refractivity contribution in [3.05, 3.63) is 48.4 Å². The number of fused-ring (bicyclic) bond motifs is 1. The van der Waals surface area contributed by atoms with Gasteiger partial charge in [-0.2, -0.15) is 0 Å². The van der Waals surface area contributed by atoms with Crippen molar-refractivity contribution in [2.45, 2.75) is 19.3 Å². The van der Waals surface area contributed by atoms with Gasteiger partial charge in [0.2, 0.25) is 0 Å². The van der Waals surface area contributed by atoms with Crippen molar-refractivity contribution in [1.29, 1.82) is 0 Å². The van der Waals surface area contributed by atoms with Crippen LogP contribution in [0.4, 0.5) is 11.5 Å². The maximum atomic E-state index is 11.4. The van der Waals surface area contributed by atoms with E-state index >= 15 is 0 Å². The number of carbonyl (C=O) groups is 1. The van der Waals surface area contributed by atoms with Crippen LogP contribution in [0.5, 0.6) is 0 Å². The Balaban J connectivity index is 1.59. The molecule has 2 aromatic rings. The Hall–Kier alpha value is -2.93. The summed E-state index contributed by atoms with van der Waals surface area (Å²) in [5.74, 6) is 0.298. The number of allylic oxidation sites excluding steroid dienone is 3. The Labute approximate surface area is 157 Å². The minimum atomic E-state index is -0.244. The van der Waals surface area contributed by atoms with E-state index < -0.39 is 0 Å². The number of rotatable bonds is 5. The Morgan fingerprint density at radius 3 is 2.85 bits per heavy atom. The van der Waals surface area contributed by atoms with Gasteiger partial charge in [0.25, 0.3) is 0 Å². The molecule has 0 saturated carbocycles. The summed E-state index contributed by atoms with van der Waals surface area (Å²) >= 11 is 0. The molecule has 0 radical (unpaired) electrons. The third-order valence-electron chi connectivity index (χ3n) is 4.86. The zero-order chi connectivity index (χ0) is 18.6. The molecule has 0 unspecified atom stereocenters. The summed E-state index contributed by atoms with van der Waals surface area (Å²) in [7, 11) is 0. The van der Waals surface area contributed by atoms with Crippen molar-refractivity contribution in [3.8, 4) is 0 Å². The average molecular weight is 365 g/mol. The van der Waals surface area contributed by atoms with Crippen LogP contribution < -0.4 is 5.32 Å². The molecule has 7 nitrogen and oxygen atoms in total. The molecule has 2 N–H and O–H groups in total. The molecule has 1 saturated heterocycles. The first kappa shape index (κ1) is 17.5. The monoisotopic (exact) mass is 365 g/mol. The molecule has 0 atom stereocenters. The Morgan fingerprint density at radius 1 is 1.19 bits per heavy atom. The molecular weight excluding hydrogens is 342 g/mol. The van der Waals surface area contributed by atoms with Crippen molar-refractivity contribution >= 4 is 28.5 Å². The van der Waals surface area contributed by atoms with Crippen molar-refractivity contribution in [2.75, 3.05) is 31.5 Å². The van der Waals surface area contributed by atoms with Gasteiger partial charge in [-0.1, -0.05) is 12.5 Å². The molecule has 1 fully saturated rings. The molecule has 3 heterocycles. The lowest BCUT2D eigenvalue weighted by atomic mass is 10.1. The van der Waals surface area contributed by atoms with Crippen LogP contribution in [0.15, 0.2) is 53.4 Å². The molecule has 4 rings (SSSR count). The van der Waals surface area contributed by atoms with Crippen LogP contribution in [0, 0.1) is 0 Å². The van der Waals surface area contributed by atoms with Gasteiger partial charge >= 0.3 is 0 Å². The number of aliphatic hydroxyl groups is 1. The normalized spacial score (nSPS) is 19.6. The number of ketones is 1. The third kappa shape index (κ3) is 3.93. The maximum Gasteiger partial charge on any atom is 0.182 e. The van der Waals surface area contributed by atoms with Gasteiger partial charge in [0.05, 0.1) is 5.52 Å². The zero-order valence-corrected chi connectivity index (χ0v) is 15.1. The molecule has 1 aliphatic heterocycles. The molecule has 1 aliphatic carbocycles. The first-order valence-electron chi connectivity index (χ1n) is 9.36. The van der Waals surface area contributed by atoms with Crippen LogP contribution in [0.2, 0.25) is 0 Å². The number of hydrogen-bond acceptors (Lipinski definition) is 6. The molecule has 0 aromatic carbocycles. The second-order valence-corrected chi connectivity index (χ2v) is 6.82. The number of hydrogen-bond donors (Lipinski definition) is 2. The van der Waals surface area contributed by atoms with Gasteiger partial charge in [-0.25, -0.2) is 9.51 Å². The highest BCUT2D eigenvalue weighted by Crippen LogP contribution is 2.30. The summed E-state index contributed by atoms with van der Waals surface area (Å²) in [5.41, 5.74) is 1.85. The van der Waals surface area contributed by atoms with Gasteiger partial charge in [-0.05, 0) is 50.2 Å². The quantitative estimate of drug-likeness (QED) is 0.796. The summed E-state index contributed by atoms with van der Waals surface area (Å²) in [6, 6.07) is 5.76. The minimum Gasteiger partial charge on any atom is -0.506 e. The molecular formula is C20H23N5O2. The molecule has 2 aliphatic rings. The van der Waals surface area contributed by atoms with E-state index in [4.69, 9.17) is 0 Å². The summed E-state index contributed by atoms with van der Waals surface area (Å²) in [5, 5.41) is 18.0. The predicted octanol–water partition coefficient (Wildman–Crippen LogP) is 2.89. The van der Waals surface area contributed by atoms with E-state index in [1.54, 1.807) is 4.52 Å². The topological polar surface area (TPSA) is 82.2 Å². The fourth-order valence-electron chi connectivity index (χ4n) is 3.45. The minimum absolute atomic E-state index is 0.128. The van der Waals surface area contributed by atoms with E-state index in [-0.39, 0.29) is 11.5 Å². The largest absolute Gasteiger partial charge is 0.506 e. The van der Waals surface area contributed by atoms with Crippen LogP contribution in [-0.4, -0.2) is 57.3 Å². The zero-order valence-electron chi connectivity index (χ0n) is 15.1. The second kappa shape index (κ2) is 7.75. The van der Waals surface area contributed by atoms with Crippen LogP contribution in [0.1, 0.15) is 19.3 Å². The molecule has 140 valence electrons. The lowest BCUT2D eigenvalue weighted by Crippen LogP contribution is -2.33. The summed E-state index contributed by atoms with van der Waals surface area (Å²) in [6.45, 7) is 4.04. The molecule has 7 heteroatoms. The molecule has 0 spiro atoms. The summed E-state index contributed by atoms with van der Waals surface area (Å²) in [4.78, 5) is 18.4. The average Bonchev–Trinajstić information content (AvgIpc) is 3.02. The number of nitrogens with one attached hydrogen (secondary N) is 1. The highest BCUT2D eigenvalue weighted by molar-refractivity contribution is 6.19. The van der Waals surface area contributed by atoms with Gasteiger partial charge < -0.3 is 15.3 Å². The van der Waals surface area contributed by atoms with Crippen LogP contribution in [0.3, 0.4) is 0 Å². The van der Waals surface area contributed by atoms with Gasteiger partial charge in [0, 0.05) is 25.4 Å². The lowest BCUT2D eigenvalue weighted by molar-refractivity contribution is -0.110. The highest BCUT2D eigenvalue weighted by atomic mass is 16.3. The van der Waals surface area contributed by atoms with Crippen molar-refractivity contribution in [3.63, 3.8) is 0 Å². The smallest absolute Gasteiger partial charge is 0.182 e. The first-order valence-corrected chi connectivity index (χ1v) is 9.36. The van der Waals surface area contributed by atoms with Gasteiger partial charge in [0.15, 0.2) is 11.6 Å². The standard InChI is InChI=1S/C20H23N5O2/c26-15-7-8-16(18(27)14-15)22-19-17-6-2-5-12-25(17)23-20(19)21-9-13-24-10-3-1-4-11-24/h2,5-8,12,14,27H,1,3-4,9-11,13H2,(H,21,23)/b22-16+. The van der Waals surface area contributed by atoms with Crippen molar-refractivity contribution in [2.24, 2.45) is 4.99 Å². The van der Waals surface area contributed by atoms with Crippen molar-refractivity contribution in [1.82, 2.24) is 14.5 Å². The molecule has 2 aromatic heterocycles. The number of nitrogens with zero attached hydrogens (tertiary/aromatic N) is 4. The van der Waals surface area contributed by atoms with E-state index in [1.165, 1.54) is 37.5 Å². The SMILES string of the molecule is O=C1C=C/C(=N\c2c(NCCN3CCCCC3)nn3ccccc23)C(O)=C1. The first-order chi connectivity index (χ1) is 13.2. The fraction of sp³-hybridized carbons (Fsp3) is 0.350. The number of anilines is 1. The molecule has 0 amide bonds. The number of likely N-dealkylation sites (tertiary alicyclic amines) is 1. The third-order valence-corrected chi connectivity index (χ3v) is 4.86.